The first kappa shape index (κ1) is 11.3. The van der Waals surface area contributed by atoms with Gasteiger partial charge in [0, 0.05) is 0 Å². The maximum Gasteiger partial charge on any atom is 0.160 e. The third-order valence-corrected chi connectivity index (χ3v) is 3.54. The highest BCUT2D eigenvalue weighted by molar-refractivity contribution is 5.45. The average molecular weight is 220 g/mol. The summed E-state index contributed by atoms with van der Waals surface area (Å²) in [6.07, 6.45) is 7.65. The molecule has 2 heteroatoms. The molecule has 2 nitrogen and oxygen atoms in total. The Morgan fingerprint density at radius 3 is 2.69 bits per heavy atom. The summed E-state index contributed by atoms with van der Waals surface area (Å²) in [6.45, 7) is 0. The molecule has 0 saturated heterocycles. The molecule has 1 aromatic rings. The van der Waals surface area contributed by atoms with E-state index < -0.39 is 0 Å². The zero-order valence-corrected chi connectivity index (χ0v) is 9.91. The van der Waals surface area contributed by atoms with Crippen LogP contribution in [0.2, 0.25) is 0 Å². The van der Waals surface area contributed by atoms with Crippen molar-refractivity contribution >= 4 is 0 Å². The van der Waals surface area contributed by atoms with Crippen LogP contribution in [0.25, 0.3) is 0 Å². The molecule has 0 aromatic heterocycles. The Bertz CT molecular complexity index is 341. The summed E-state index contributed by atoms with van der Waals surface area (Å²) in [5.41, 5.74) is 1.03. The number of ether oxygens (including phenoxy) is 1. The molecule has 0 atom stereocenters. The van der Waals surface area contributed by atoms with Crippen molar-refractivity contribution in [2.45, 2.75) is 38.5 Å². The third-order valence-electron chi connectivity index (χ3n) is 3.54. The van der Waals surface area contributed by atoms with E-state index in [1.54, 1.807) is 13.2 Å². The van der Waals surface area contributed by atoms with Gasteiger partial charge in [-0.3, -0.25) is 0 Å². The number of phenolic OH excluding ortho intramolecular Hbond substituents is 1. The van der Waals surface area contributed by atoms with Crippen molar-refractivity contribution in [3.63, 3.8) is 0 Å². The molecule has 0 unspecified atom stereocenters. The first-order chi connectivity index (χ1) is 7.81. The molecular weight excluding hydrogens is 200 g/mol. The van der Waals surface area contributed by atoms with Gasteiger partial charge >= 0.3 is 0 Å². The highest BCUT2D eigenvalue weighted by Gasteiger charge is 2.16. The average Bonchev–Trinajstić information content (AvgIpc) is 2.33. The number of para-hydroxylation sites is 1. The Labute approximate surface area is 97.3 Å². The summed E-state index contributed by atoms with van der Waals surface area (Å²) in [7, 11) is 1.60. The molecule has 1 saturated carbocycles. The van der Waals surface area contributed by atoms with E-state index in [-0.39, 0.29) is 0 Å². The maximum absolute atomic E-state index is 9.99. The monoisotopic (exact) mass is 220 g/mol. The van der Waals surface area contributed by atoms with Gasteiger partial charge in [0.2, 0.25) is 0 Å². The zero-order valence-electron chi connectivity index (χ0n) is 9.91. The van der Waals surface area contributed by atoms with Crippen molar-refractivity contribution in [2.75, 3.05) is 7.11 Å². The minimum atomic E-state index is 0.329. The molecule has 1 aromatic carbocycles. The maximum atomic E-state index is 9.99. The van der Waals surface area contributed by atoms with Gasteiger partial charge in [0.05, 0.1) is 7.11 Å². The summed E-state index contributed by atoms with van der Waals surface area (Å²) in [4.78, 5) is 0. The van der Waals surface area contributed by atoms with Crippen LogP contribution in [-0.2, 0) is 6.42 Å². The molecule has 2 rings (SSSR count). The van der Waals surface area contributed by atoms with Crippen LogP contribution in [0.1, 0.15) is 37.7 Å². The van der Waals surface area contributed by atoms with E-state index in [0.717, 1.165) is 17.9 Å². The second-order valence-corrected chi connectivity index (χ2v) is 4.68. The molecule has 1 N–H and O–H groups in total. The lowest BCUT2D eigenvalue weighted by atomic mass is 9.84. The van der Waals surface area contributed by atoms with Crippen molar-refractivity contribution in [1.82, 2.24) is 0 Å². The lowest BCUT2D eigenvalue weighted by Crippen LogP contribution is -2.09. The molecule has 0 amide bonds. The molecule has 0 radical (unpaired) electrons. The highest BCUT2D eigenvalue weighted by atomic mass is 16.5. The number of hydrogen-bond donors (Lipinski definition) is 1. The van der Waals surface area contributed by atoms with Crippen molar-refractivity contribution in [3.05, 3.63) is 23.8 Å². The minimum Gasteiger partial charge on any atom is -0.504 e. The van der Waals surface area contributed by atoms with Gasteiger partial charge in [0.25, 0.3) is 0 Å². The summed E-state index contributed by atoms with van der Waals surface area (Å²) in [5.74, 6) is 1.66. The standard InChI is InChI=1S/C14H20O2/c1-16-13-9-5-8-12(14(13)15)10-11-6-3-2-4-7-11/h5,8-9,11,15H,2-4,6-7,10H2,1H3. The smallest absolute Gasteiger partial charge is 0.160 e. The molecule has 0 heterocycles. The van der Waals surface area contributed by atoms with Crippen molar-refractivity contribution in [3.8, 4) is 11.5 Å². The van der Waals surface area contributed by atoms with E-state index in [0.29, 0.717) is 11.5 Å². The highest BCUT2D eigenvalue weighted by Crippen LogP contribution is 2.34. The summed E-state index contributed by atoms with van der Waals surface area (Å²) < 4.78 is 5.12. The molecule has 16 heavy (non-hydrogen) atoms. The summed E-state index contributed by atoms with van der Waals surface area (Å²) in [5, 5.41) is 9.99. The Balaban J connectivity index is 2.08. The van der Waals surface area contributed by atoms with Gasteiger partial charge in [-0.2, -0.15) is 0 Å². The van der Waals surface area contributed by atoms with E-state index in [2.05, 4.69) is 0 Å². The third kappa shape index (κ3) is 2.49. The van der Waals surface area contributed by atoms with Crippen LogP contribution >= 0.6 is 0 Å². The Kier molecular flexibility index (Phi) is 3.70. The van der Waals surface area contributed by atoms with Crippen LogP contribution in [0.15, 0.2) is 18.2 Å². The van der Waals surface area contributed by atoms with Crippen LogP contribution in [0, 0.1) is 5.92 Å². The van der Waals surface area contributed by atoms with Crippen LogP contribution in [-0.4, -0.2) is 12.2 Å². The summed E-state index contributed by atoms with van der Waals surface area (Å²) >= 11 is 0. The van der Waals surface area contributed by atoms with E-state index in [1.165, 1.54) is 32.1 Å². The molecule has 0 spiro atoms. The number of aromatic hydroxyl groups is 1. The van der Waals surface area contributed by atoms with Crippen LogP contribution in [0.4, 0.5) is 0 Å². The fraction of sp³-hybridized carbons (Fsp3) is 0.571. The number of hydrogen-bond acceptors (Lipinski definition) is 2. The number of rotatable bonds is 3. The fourth-order valence-corrected chi connectivity index (χ4v) is 2.60. The molecule has 1 fully saturated rings. The fourth-order valence-electron chi connectivity index (χ4n) is 2.60. The second kappa shape index (κ2) is 5.24. The van der Waals surface area contributed by atoms with E-state index in [9.17, 15) is 5.11 Å². The predicted molar refractivity (Wildman–Crippen MR) is 64.9 cm³/mol. The minimum absolute atomic E-state index is 0.329. The molecule has 0 aliphatic heterocycles. The van der Waals surface area contributed by atoms with Gasteiger partial charge in [-0.05, 0) is 24.0 Å². The van der Waals surface area contributed by atoms with Crippen molar-refractivity contribution in [1.29, 1.82) is 0 Å². The first-order valence-corrected chi connectivity index (χ1v) is 6.16. The van der Waals surface area contributed by atoms with E-state index in [4.69, 9.17) is 4.74 Å². The van der Waals surface area contributed by atoms with Crippen LogP contribution < -0.4 is 4.74 Å². The first-order valence-electron chi connectivity index (χ1n) is 6.16. The van der Waals surface area contributed by atoms with Gasteiger partial charge in [-0.1, -0.05) is 44.2 Å². The largest absolute Gasteiger partial charge is 0.504 e. The molecule has 88 valence electrons. The molecule has 1 aliphatic carbocycles. The van der Waals surface area contributed by atoms with Gasteiger partial charge in [-0.25, -0.2) is 0 Å². The molecule has 1 aliphatic rings. The number of benzene rings is 1. The summed E-state index contributed by atoms with van der Waals surface area (Å²) in [6, 6.07) is 5.77. The molecular formula is C14H20O2. The Hall–Kier alpha value is -1.18. The SMILES string of the molecule is COc1cccc(CC2CCCCC2)c1O. The Morgan fingerprint density at radius 2 is 2.00 bits per heavy atom. The van der Waals surface area contributed by atoms with Crippen molar-refractivity contribution < 1.29 is 9.84 Å². The quantitative estimate of drug-likeness (QED) is 0.844. The predicted octanol–water partition coefficient (Wildman–Crippen LogP) is 3.52. The van der Waals surface area contributed by atoms with E-state index in [1.807, 2.05) is 12.1 Å². The van der Waals surface area contributed by atoms with E-state index >= 15 is 0 Å². The number of phenols is 1. The van der Waals surface area contributed by atoms with Crippen LogP contribution in [0.5, 0.6) is 11.5 Å². The Morgan fingerprint density at radius 1 is 1.25 bits per heavy atom. The second-order valence-electron chi connectivity index (χ2n) is 4.68. The number of methoxy groups -OCH3 is 1. The zero-order chi connectivity index (χ0) is 11.4. The molecule has 0 bridgehead atoms. The van der Waals surface area contributed by atoms with Gasteiger partial charge in [0.15, 0.2) is 11.5 Å². The van der Waals surface area contributed by atoms with Gasteiger partial charge in [-0.15, -0.1) is 0 Å². The van der Waals surface area contributed by atoms with Gasteiger partial charge < -0.3 is 9.84 Å². The lowest BCUT2D eigenvalue weighted by Gasteiger charge is -2.22. The van der Waals surface area contributed by atoms with Gasteiger partial charge in [0.1, 0.15) is 0 Å². The van der Waals surface area contributed by atoms with Crippen LogP contribution in [0.3, 0.4) is 0 Å². The normalized spacial score (nSPS) is 17.3. The topological polar surface area (TPSA) is 29.5 Å². The lowest BCUT2D eigenvalue weighted by molar-refractivity contribution is 0.343. The van der Waals surface area contributed by atoms with Crippen molar-refractivity contribution in [2.24, 2.45) is 5.92 Å².